The summed E-state index contributed by atoms with van der Waals surface area (Å²) >= 11 is 13.6. The molecule has 0 aliphatic carbocycles. The van der Waals surface area contributed by atoms with E-state index in [0.29, 0.717) is 24.6 Å². The topological polar surface area (TPSA) is 99.6 Å². The summed E-state index contributed by atoms with van der Waals surface area (Å²) in [6, 6.07) is 6.51. The summed E-state index contributed by atoms with van der Waals surface area (Å²) in [6.45, 7) is 0.659. The molecule has 1 aliphatic heterocycles. The van der Waals surface area contributed by atoms with Crippen LogP contribution in [0.15, 0.2) is 41.4 Å². The second-order valence-corrected chi connectivity index (χ2v) is 10.9. The van der Waals surface area contributed by atoms with Crippen LogP contribution in [-0.4, -0.2) is 53.4 Å². The monoisotopic (exact) mass is 515 g/mol. The lowest BCUT2D eigenvalue weighted by molar-refractivity contribution is 0.0698. The van der Waals surface area contributed by atoms with Gasteiger partial charge >= 0.3 is 5.97 Å². The van der Waals surface area contributed by atoms with Crippen LogP contribution in [0.3, 0.4) is 0 Å². The first-order valence-corrected chi connectivity index (χ1v) is 12.7. The van der Waals surface area contributed by atoms with Gasteiger partial charge in [-0.15, -0.1) is 0 Å². The predicted octanol–water partition coefficient (Wildman–Crippen LogP) is 4.86. The molecule has 32 heavy (non-hydrogen) atoms. The molecule has 0 atom stereocenters. The Labute approximate surface area is 197 Å². The van der Waals surface area contributed by atoms with E-state index in [1.807, 2.05) is 0 Å². The summed E-state index contributed by atoms with van der Waals surface area (Å²) < 4.78 is 42.3. The van der Waals surface area contributed by atoms with E-state index in [-0.39, 0.29) is 42.8 Å². The number of aromatic nitrogens is 1. The lowest BCUT2D eigenvalue weighted by Gasteiger charge is -2.27. The number of hydrogen-bond donors (Lipinski definition) is 2. The third kappa shape index (κ3) is 4.38. The molecule has 1 saturated heterocycles. The molecule has 1 fully saturated rings. The van der Waals surface area contributed by atoms with Crippen LogP contribution in [0.4, 0.5) is 15.8 Å². The molecule has 2 heterocycles. The second-order valence-electron chi connectivity index (χ2n) is 6.92. The summed E-state index contributed by atoms with van der Waals surface area (Å²) in [4.78, 5) is 15.7. The number of aromatic carboxylic acids is 1. The Hall–Kier alpha value is -2.11. The lowest BCUT2D eigenvalue weighted by atomic mass is 10.1. The first-order chi connectivity index (χ1) is 15.2. The molecule has 0 amide bonds. The van der Waals surface area contributed by atoms with E-state index in [2.05, 4.69) is 10.3 Å². The SMILES string of the molecule is O=C(O)c1cc(Cl)ccc1Nc1c(S(=O)(=O)N2CCSCC2)cnc2cc(F)c(Cl)cc12. The summed E-state index contributed by atoms with van der Waals surface area (Å²) in [5, 5.41) is 12.7. The van der Waals surface area contributed by atoms with Crippen molar-refractivity contribution in [2.45, 2.75) is 4.90 Å². The van der Waals surface area contributed by atoms with E-state index in [9.17, 15) is 22.7 Å². The number of carboxylic acid groups (broad SMARTS) is 1. The Morgan fingerprint density at radius 1 is 1.19 bits per heavy atom. The van der Waals surface area contributed by atoms with Crippen molar-refractivity contribution >= 4 is 73.2 Å². The maximum Gasteiger partial charge on any atom is 0.337 e. The minimum Gasteiger partial charge on any atom is -0.478 e. The van der Waals surface area contributed by atoms with Gasteiger partial charge in [0.2, 0.25) is 10.0 Å². The second kappa shape index (κ2) is 9.03. The number of fused-ring (bicyclic) bond motifs is 1. The number of nitrogens with zero attached hydrogens (tertiary/aromatic N) is 2. The molecule has 2 N–H and O–H groups in total. The van der Waals surface area contributed by atoms with Crippen molar-refractivity contribution in [1.29, 1.82) is 0 Å². The van der Waals surface area contributed by atoms with Gasteiger partial charge in [-0.2, -0.15) is 16.1 Å². The van der Waals surface area contributed by atoms with E-state index in [1.165, 1.54) is 28.6 Å². The van der Waals surface area contributed by atoms with Crippen LogP contribution in [-0.2, 0) is 10.0 Å². The quantitative estimate of drug-likeness (QED) is 0.500. The van der Waals surface area contributed by atoms with Gasteiger partial charge in [0, 0.05) is 47.3 Å². The Morgan fingerprint density at radius 2 is 1.91 bits per heavy atom. The van der Waals surface area contributed by atoms with Crippen molar-refractivity contribution in [1.82, 2.24) is 9.29 Å². The smallest absolute Gasteiger partial charge is 0.337 e. The minimum absolute atomic E-state index is 0.0555. The van der Waals surface area contributed by atoms with Gasteiger partial charge in [-0.3, -0.25) is 4.98 Å². The number of anilines is 2. The van der Waals surface area contributed by atoms with Crippen LogP contribution in [0, 0.1) is 5.82 Å². The van der Waals surface area contributed by atoms with Gasteiger partial charge in [0.1, 0.15) is 10.7 Å². The van der Waals surface area contributed by atoms with E-state index in [1.54, 1.807) is 11.8 Å². The maximum atomic E-state index is 14.0. The molecule has 0 spiro atoms. The largest absolute Gasteiger partial charge is 0.478 e. The first kappa shape index (κ1) is 23.1. The fourth-order valence-corrected chi connectivity index (χ4v) is 6.37. The molecule has 7 nitrogen and oxygen atoms in total. The number of thioether (sulfide) groups is 1. The molecule has 12 heteroatoms. The number of benzene rings is 2. The zero-order valence-corrected chi connectivity index (χ0v) is 19.5. The number of rotatable bonds is 5. The highest BCUT2D eigenvalue weighted by Gasteiger charge is 2.30. The van der Waals surface area contributed by atoms with Crippen molar-refractivity contribution < 1.29 is 22.7 Å². The van der Waals surface area contributed by atoms with Crippen LogP contribution in [0.1, 0.15) is 10.4 Å². The van der Waals surface area contributed by atoms with Gasteiger partial charge in [-0.05, 0) is 24.3 Å². The third-order valence-electron chi connectivity index (χ3n) is 4.93. The Balaban J connectivity index is 1.95. The van der Waals surface area contributed by atoms with E-state index in [4.69, 9.17) is 23.2 Å². The summed E-state index contributed by atoms with van der Waals surface area (Å²) in [7, 11) is -3.98. The molecule has 1 aromatic heterocycles. The van der Waals surface area contributed by atoms with Gasteiger partial charge in [-0.1, -0.05) is 23.2 Å². The average molecular weight is 516 g/mol. The standard InChI is InChI=1S/C20H16Cl2FN3O4S2/c21-11-1-2-16(13(7-11)20(27)28)25-19-12-8-14(22)15(23)9-17(12)24-10-18(19)32(29,30)26-3-5-31-6-4-26/h1-2,7-10H,3-6H2,(H,24,25)(H,27,28). The highest BCUT2D eigenvalue weighted by Crippen LogP contribution is 2.37. The van der Waals surface area contributed by atoms with Gasteiger partial charge in [0.25, 0.3) is 0 Å². The van der Waals surface area contributed by atoms with Gasteiger partial charge < -0.3 is 10.4 Å². The number of hydrogen-bond acceptors (Lipinski definition) is 6. The Bertz CT molecular complexity index is 1330. The van der Waals surface area contributed by atoms with Crippen molar-refractivity contribution in [2.75, 3.05) is 29.9 Å². The van der Waals surface area contributed by atoms with Crippen LogP contribution >= 0.6 is 35.0 Å². The fraction of sp³-hybridized carbons (Fsp3) is 0.200. The molecule has 4 rings (SSSR count). The molecule has 0 bridgehead atoms. The normalized spacial score (nSPS) is 15.1. The summed E-state index contributed by atoms with van der Waals surface area (Å²) in [5.74, 6) is -0.658. The summed E-state index contributed by atoms with van der Waals surface area (Å²) in [5.41, 5.74) is 0.169. The van der Waals surface area contributed by atoms with Crippen LogP contribution in [0.25, 0.3) is 10.9 Å². The zero-order chi connectivity index (χ0) is 23.0. The fourth-order valence-electron chi connectivity index (χ4n) is 3.36. The number of carboxylic acids is 1. The Kier molecular flexibility index (Phi) is 6.51. The number of halogens is 3. The number of carbonyl (C=O) groups is 1. The maximum absolute atomic E-state index is 14.0. The van der Waals surface area contributed by atoms with E-state index in [0.717, 1.165) is 12.3 Å². The van der Waals surface area contributed by atoms with Crippen molar-refractivity contribution in [3.63, 3.8) is 0 Å². The molecule has 3 aromatic rings. The summed E-state index contributed by atoms with van der Waals surface area (Å²) in [6.07, 6.45) is 1.14. The van der Waals surface area contributed by atoms with Gasteiger partial charge in [0.05, 0.1) is 27.5 Å². The molecule has 2 aromatic carbocycles. The van der Waals surface area contributed by atoms with Gasteiger partial charge in [0.15, 0.2) is 0 Å². The predicted molar refractivity (Wildman–Crippen MR) is 124 cm³/mol. The average Bonchev–Trinajstić information content (AvgIpc) is 2.76. The molecule has 0 radical (unpaired) electrons. The van der Waals surface area contributed by atoms with Crippen molar-refractivity contribution in [2.24, 2.45) is 0 Å². The number of sulfonamides is 1. The van der Waals surface area contributed by atoms with Crippen molar-refractivity contribution in [3.05, 3.63) is 58.0 Å². The molecule has 0 saturated carbocycles. The zero-order valence-electron chi connectivity index (χ0n) is 16.3. The minimum atomic E-state index is -3.98. The lowest BCUT2D eigenvalue weighted by Crippen LogP contribution is -2.38. The molecular formula is C20H16Cl2FN3O4S2. The van der Waals surface area contributed by atoms with E-state index >= 15 is 0 Å². The third-order valence-corrected chi connectivity index (χ3v) is 8.31. The number of pyridine rings is 1. The highest BCUT2D eigenvalue weighted by atomic mass is 35.5. The van der Waals surface area contributed by atoms with Crippen LogP contribution in [0.2, 0.25) is 10.0 Å². The van der Waals surface area contributed by atoms with Crippen LogP contribution < -0.4 is 5.32 Å². The van der Waals surface area contributed by atoms with E-state index < -0.39 is 21.8 Å². The molecule has 168 valence electrons. The van der Waals surface area contributed by atoms with Crippen LogP contribution in [0.5, 0.6) is 0 Å². The molecule has 1 aliphatic rings. The highest BCUT2D eigenvalue weighted by molar-refractivity contribution is 7.99. The van der Waals surface area contributed by atoms with Gasteiger partial charge in [-0.25, -0.2) is 17.6 Å². The number of nitrogens with one attached hydrogen (secondary N) is 1. The first-order valence-electron chi connectivity index (χ1n) is 9.34. The van der Waals surface area contributed by atoms with Crippen molar-refractivity contribution in [3.8, 4) is 0 Å². The molecule has 0 unspecified atom stereocenters. The Morgan fingerprint density at radius 3 is 2.59 bits per heavy atom. The molecular weight excluding hydrogens is 500 g/mol.